The second-order valence-electron chi connectivity index (χ2n) is 8.57. The number of hydrogen-bond donors (Lipinski definition) is 5. The van der Waals surface area contributed by atoms with Gasteiger partial charge in [0.25, 0.3) is 0 Å². The predicted molar refractivity (Wildman–Crippen MR) is 138 cm³/mol. The molecule has 0 spiro atoms. The number of fused-ring (bicyclic) bond motifs is 1. The summed E-state index contributed by atoms with van der Waals surface area (Å²) in [7, 11) is 0. The molecule has 4 amide bonds. The van der Waals surface area contributed by atoms with Gasteiger partial charge >= 0.3 is 6.03 Å². The Hall–Kier alpha value is -4.11. The van der Waals surface area contributed by atoms with Gasteiger partial charge in [0, 0.05) is 12.1 Å². The topological polar surface area (TPSA) is 157 Å². The highest BCUT2D eigenvalue weighted by Gasteiger charge is 2.14. The van der Waals surface area contributed by atoms with Crippen molar-refractivity contribution in [3.63, 3.8) is 0 Å². The van der Waals surface area contributed by atoms with Gasteiger partial charge in [0.05, 0.1) is 19.1 Å². The summed E-state index contributed by atoms with van der Waals surface area (Å²) in [6.45, 7) is 0.952. The number of aromatic hydroxyl groups is 1. The van der Waals surface area contributed by atoms with E-state index in [9.17, 15) is 19.5 Å². The fraction of sp³-hybridized carbons (Fsp3) is 0.296. The summed E-state index contributed by atoms with van der Waals surface area (Å²) in [5.74, 6) is 0.0457. The molecule has 0 unspecified atom stereocenters. The average molecular weight is 493 g/mol. The summed E-state index contributed by atoms with van der Waals surface area (Å²) in [6.07, 6.45) is 2.73. The van der Waals surface area contributed by atoms with Gasteiger partial charge in [-0.25, -0.2) is 4.79 Å². The van der Waals surface area contributed by atoms with E-state index in [-0.39, 0.29) is 18.1 Å². The second-order valence-corrected chi connectivity index (χ2v) is 8.57. The molecule has 0 fully saturated rings. The van der Waals surface area contributed by atoms with Crippen molar-refractivity contribution in [3.8, 4) is 11.5 Å². The molecule has 36 heavy (non-hydrogen) atoms. The van der Waals surface area contributed by atoms with Gasteiger partial charge in [-0.3, -0.25) is 14.9 Å². The minimum atomic E-state index is -0.892. The second kappa shape index (κ2) is 13.1. The number of ether oxygens (including phenoxy) is 1. The highest BCUT2D eigenvalue weighted by molar-refractivity contribution is 5.95. The van der Waals surface area contributed by atoms with Gasteiger partial charge in [0.2, 0.25) is 11.8 Å². The van der Waals surface area contributed by atoms with E-state index >= 15 is 0 Å². The van der Waals surface area contributed by atoms with Crippen LogP contribution in [0.1, 0.15) is 30.4 Å². The van der Waals surface area contributed by atoms with E-state index in [0.717, 1.165) is 35.6 Å². The molecule has 190 valence electrons. The van der Waals surface area contributed by atoms with Crippen LogP contribution in [-0.4, -0.2) is 42.1 Å². The maximum atomic E-state index is 12.2. The lowest BCUT2D eigenvalue weighted by Gasteiger charge is -2.14. The maximum absolute atomic E-state index is 12.2. The van der Waals surface area contributed by atoms with Crippen LogP contribution in [0.25, 0.3) is 10.8 Å². The molecule has 0 aliphatic carbocycles. The molecular weight excluding hydrogens is 460 g/mol. The van der Waals surface area contributed by atoms with Crippen molar-refractivity contribution in [2.45, 2.75) is 38.1 Å². The maximum Gasteiger partial charge on any atom is 0.318 e. The summed E-state index contributed by atoms with van der Waals surface area (Å²) in [4.78, 5) is 35.3. The summed E-state index contributed by atoms with van der Waals surface area (Å²) >= 11 is 0. The zero-order valence-corrected chi connectivity index (χ0v) is 20.0. The van der Waals surface area contributed by atoms with E-state index < -0.39 is 18.0 Å². The van der Waals surface area contributed by atoms with Crippen LogP contribution in [-0.2, 0) is 22.4 Å². The van der Waals surface area contributed by atoms with Crippen LogP contribution in [0, 0.1) is 0 Å². The molecule has 3 rings (SSSR count). The number of nitrogens with two attached hydrogens (primary N) is 2. The minimum absolute atomic E-state index is 0.0282. The normalized spacial score (nSPS) is 11.6. The Morgan fingerprint density at radius 3 is 2.33 bits per heavy atom. The van der Waals surface area contributed by atoms with E-state index in [1.807, 2.05) is 36.4 Å². The molecule has 1 atom stereocenters. The Morgan fingerprint density at radius 2 is 1.64 bits per heavy atom. The number of primary amides is 1. The zero-order valence-electron chi connectivity index (χ0n) is 20.0. The van der Waals surface area contributed by atoms with Crippen molar-refractivity contribution in [3.05, 3.63) is 71.8 Å². The third kappa shape index (κ3) is 8.28. The van der Waals surface area contributed by atoms with Crippen LogP contribution >= 0.6 is 0 Å². The lowest BCUT2D eigenvalue weighted by Crippen LogP contribution is -2.42. The number of carbonyl (C=O) groups excluding carboxylic acids is 3. The van der Waals surface area contributed by atoms with E-state index in [4.69, 9.17) is 16.2 Å². The Kier molecular flexibility index (Phi) is 9.64. The fourth-order valence-corrected chi connectivity index (χ4v) is 3.80. The molecule has 3 aromatic carbocycles. The summed E-state index contributed by atoms with van der Waals surface area (Å²) in [5, 5.41) is 16.2. The Morgan fingerprint density at radius 1 is 0.944 bits per heavy atom. The highest BCUT2D eigenvalue weighted by atomic mass is 16.5. The molecule has 0 aromatic heterocycles. The van der Waals surface area contributed by atoms with Gasteiger partial charge < -0.3 is 26.6 Å². The number of benzene rings is 3. The Labute approximate surface area is 209 Å². The van der Waals surface area contributed by atoms with Crippen LogP contribution in [0.15, 0.2) is 60.7 Å². The first-order valence-corrected chi connectivity index (χ1v) is 11.9. The van der Waals surface area contributed by atoms with Crippen molar-refractivity contribution in [2.75, 3.05) is 13.2 Å². The smallest absolute Gasteiger partial charge is 0.318 e. The third-order valence-corrected chi connectivity index (χ3v) is 5.65. The zero-order chi connectivity index (χ0) is 25.9. The summed E-state index contributed by atoms with van der Waals surface area (Å²) in [6, 6.07) is 16.6. The quantitative estimate of drug-likeness (QED) is 0.245. The molecule has 9 heteroatoms. The van der Waals surface area contributed by atoms with Crippen LogP contribution in [0.5, 0.6) is 11.5 Å². The van der Waals surface area contributed by atoms with Gasteiger partial charge in [0.1, 0.15) is 11.5 Å². The monoisotopic (exact) mass is 492 g/mol. The Balaban J connectivity index is 1.42. The van der Waals surface area contributed by atoms with Crippen LogP contribution < -0.4 is 26.8 Å². The number of phenols is 1. The van der Waals surface area contributed by atoms with Crippen molar-refractivity contribution in [1.29, 1.82) is 0 Å². The number of amides is 4. The molecule has 0 radical (unpaired) electrons. The number of hydrogen-bond acceptors (Lipinski definition) is 6. The van der Waals surface area contributed by atoms with Gasteiger partial charge in [-0.05, 0) is 66.3 Å². The number of imide groups is 1. The third-order valence-electron chi connectivity index (χ3n) is 5.65. The molecule has 0 aliphatic rings. The minimum Gasteiger partial charge on any atom is -0.508 e. The number of rotatable bonds is 12. The van der Waals surface area contributed by atoms with Crippen molar-refractivity contribution >= 4 is 28.6 Å². The predicted octanol–water partition coefficient (Wildman–Crippen LogP) is 2.52. The van der Waals surface area contributed by atoms with Crippen molar-refractivity contribution < 1.29 is 24.2 Å². The first-order chi connectivity index (χ1) is 17.3. The average Bonchev–Trinajstić information content (AvgIpc) is 2.84. The van der Waals surface area contributed by atoms with E-state index in [2.05, 4.69) is 10.6 Å². The summed E-state index contributed by atoms with van der Waals surface area (Å²) < 4.78 is 5.97. The van der Waals surface area contributed by atoms with Gasteiger partial charge in [-0.1, -0.05) is 36.4 Å². The van der Waals surface area contributed by atoms with Crippen LogP contribution in [0.3, 0.4) is 0 Å². The molecular formula is C27H32N4O5. The standard InChI is InChI=1S/C27H32N4O5/c28-23(14-18-8-10-22(32)11-9-18)26(34)30-12-4-1-5-13-36-24-16-20-7-3-2-6-19(20)15-21(24)17-25(33)31-27(29)35/h2-3,6-11,15-16,23,32H,1,4-5,12-14,17,28H2,(H,30,34)(H3,29,31,33,35)/t23-/m0/s1. The highest BCUT2D eigenvalue weighted by Crippen LogP contribution is 2.27. The van der Waals surface area contributed by atoms with E-state index in [1.54, 1.807) is 24.3 Å². The first kappa shape index (κ1) is 26.5. The van der Waals surface area contributed by atoms with E-state index in [0.29, 0.717) is 30.9 Å². The van der Waals surface area contributed by atoms with Crippen LogP contribution in [0.4, 0.5) is 4.79 Å². The van der Waals surface area contributed by atoms with Crippen LogP contribution in [0.2, 0.25) is 0 Å². The molecule has 9 nitrogen and oxygen atoms in total. The lowest BCUT2D eigenvalue weighted by atomic mass is 10.0. The number of phenolic OH excluding ortho intramolecular Hbond substituents is 1. The largest absolute Gasteiger partial charge is 0.508 e. The van der Waals surface area contributed by atoms with Gasteiger partial charge in [0.15, 0.2) is 0 Å². The van der Waals surface area contributed by atoms with Crippen molar-refractivity contribution in [2.24, 2.45) is 11.5 Å². The Bertz CT molecular complexity index is 1200. The SMILES string of the molecule is NC(=O)NC(=O)Cc1cc2ccccc2cc1OCCCCCNC(=O)[C@@H](N)Cc1ccc(O)cc1. The first-order valence-electron chi connectivity index (χ1n) is 11.9. The molecule has 0 bridgehead atoms. The lowest BCUT2D eigenvalue weighted by molar-refractivity contribution is -0.122. The number of unbranched alkanes of at least 4 members (excludes halogenated alkanes) is 2. The number of urea groups is 1. The molecule has 0 saturated heterocycles. The van der Waals surface area contributed by atoms with Crippen molar-refractivity contribution in [1.82, 2.24) is 10.6 Å². The van der Waals surface area contributed by atoms with E-state index in [1.165, 1.54) is 0 Å². The van der Waals surface area contributed by atoms with Gasteiger partial charge in [-0.15, -0.1) is 0 Å². The molecule has 3 aromatic rings. The van der Waals surface area contributed by atoms with Gasteiger partial charge in [-0.2, -0.15) is 0 Å². The fourth-order valence-electron chi connectivity index (χ4n) is 3.80. The number of carbonyl (C=O) groups is 3. The molecule has 7 N–H and O–H groups in total. The molecule has 0 saturated carbocycles. The summed E-state index contributed by atoms with van der Waals surface area (Å²) in [5.41, 5.74) is 12.6. The number of nitrogens with one attached hydrogen (secondary N) is 2. The molecule has 0 heterocycles. The molecule has 0 aliphatic heterocycles.